The maximum Gasteiger partial charge on any atom is 0.305 e. The smallest absolute Gasteiger partial charge is 0.305 e. The summed E-state index contributed by atoms with van der Waals surface area (Å²) >= 11 is 0. The Morgan fingerprint density at radius 1 is 1.61 bits per heavy atom. The number of hydrogen-bond donors (Lipinski definition) is 2. The van der Waals surface area contributed by atoms with Crippen LogP contribution >= 0.6 is 0 Å². The first-order valence-electron chi connectivity index (χ1n) is 5.55. The molecule has 1 aromatic heterocycles. The largest absolute Gasteiger partial charge is 0.394 e. The van der Waals surface area contributed by atoms with Gasteiger partial charge in [-0.25, -0.2) is 4.98 Å². The Morgan fingerprint density at radius 2 is 2.33 bits per heavy atom. The lowest BCUT2D eigenvalue weighted by atomic mass is 9.77. The van der Waals surface area contributed by atoms with Gasteiger partial charge < -0.3 is 10.4 Å². The lowest BCUT2D eigenvalue weighted by molar-refractivity contribution is -0.385. The average molecular weight is 248 g/mol. The molecule has 0 amide bonds. The number of nitrogens with one attached hydrogen (secondary N) is 1. The monoisotopic (exact) mass is 248 g/mol. The van der Waals surface area contributed by atoms with Crippen molar-refractivity contribution in [3.05, 3.63) is 27.9 Å². The number of rotatable bonds is 4. The second-order valence-corrected chi connectivity index (χ2v) is 4.35. The highest BCUT2D eigenvalue weighted by atomic mass is 16.6. The molecule has 0 radical (unpaired) electrons. The van der Waals surface area contributed by atoms with Crippen LogP contribution in [0.3, 0.4) is 0 Å². The van der Waals surface area contributed by atoms with Crippen molar-refractivity contribution >= 4 is 11.5 Å². The second kappa shape index (κ2) is 4.58. The molecule has 18 heavy (non-hydrogen) atoms. The van der Waals surface area contributed by atoms with Crippen molar-refractivity contribution in [2.75, 3.05) is 11.9 Å². The van der Waals surface area contributed by atoms with E-state index in [-0.39, 0.29) is 18.0 Å². The van der Waals surface area contributed by atoms with Gasteiger partial charge in [-0.15, -0.1) is 0 Å². The number of nitrogens with zero attached hydrogens (tertiary/aromatic N) is 3. The molecule has 1 aromatic rings. The van der Waals surface area contributed by atoms with E-state index < -0.39 is 10.5 Å². The van der Waals surface area contributed by atoms with Gasteiger partial charge >= 0.3 is 5.69 Å². The third-order valence-electron chi connectivity index (χ3n) is 3.18. The molecule has 0 atom stereocenters. The van der Waals surface area contributed by atoms with Gasteiger partial charge in [-0.1, -0.05) is 0 Å². The lowest BCUT2D eigenvalue weighted by Crippen LogP contribution is -2.48. The van der Waals surface area contributed by atoms with Crippen LogP contribution in [0, 0.1) is 21.4 Å². The summed E-state index contributed by atoms with van der Waals surface area (Å²) in [6, 6.07) is 4.40. The third-order valence-corrected chi connectivity index (χ3v) is 3.18. The van der Waals surface area contributed by atoms with Crippen molar-refractivity contribution in [3.63, 3.8) is 0 Å². The van der Waals surface area contributed by atoms with Crippen molar-refractivity contribution in [3.8, 4) is 6.07 Å². The Balaban J connectivity index is 2.25. The number of pyridine rings is 1. The predicted molar refractivity (Wildman–Crippen MR) is 62.9 cm³/mol. The highest BCUT2D eigenvalue weighted by Gasteiger charge is 2.36. The number of aliphatic hydroxyl groups excluding tert-OH is 1. The molecule has 0 unspecified atom stereocenters. The van der Waals surface area contributed by atoms with E-state index >= 15 is 0 Å². The number of nitriles is 1. The molecule has 0 aliphatic heterocycles. The maximum absolute atomic E-state index is 10.7. The molecule has 7 heteroatoms. The van der Waals surface area contributed by atoms with Crippen LogP contribution in [0.5, 0.6) is 0 Å². The fourth-order valence-electron chi connectivity index (χ4n) is 1.95. The summed E-state index contributed by atoms with van der Waals surface area (Å²) in [6.07, 6.45) is 2.67. The minimum Gasteiger partial charge on any atom is -0.394 e. The Morgan fingerprint density at radius 3 is 2.78 bits per heavy atom. The summed E-state index contributed by atoms with van der Waals surface area (Å²) in [6.45, 7) is -0.0203. The minimum atomic E-state index is -0.638. The number of hydrogen-bond acceptors (Lipinski definition) is 6. The Labute approximate surface area is 103 Å². The molecule has 0 spiro atoms. The van der Waals surface area contributed by atoms with Crippen molar-refractivity contribution in [1.82, 2.24) is 4.98 Å². The molecule has 2 N–H and O–H groups in total. The van der Waals surface area contributed by atoms with E-state index in [0.29, 0.717) is 5.82 Å². The number of aromatic nitrogens is 1. The molecule has 1 saturated carbocycles. The summed E-state index contributed by atoms with van der Waals surface area (Å²) in [5.41, 5.74) is -0.928. The van der Waals surface area contributed by atoms with E-state index in [1.165, 1.54) is 12.1 Å². The van der Waals surface area contributed by atoms with E-state index in [1.807, 2.05) is 0 Å². The van der Waals surface area contributed by atoms with Crippen LogP contribution in [-0.2, 0) is 0 Å². The summed E-state index contributed by atoms with van der Waals surface area (Å²) in [5, 5.41) is 31.8. The van der Waals surface area contributed by atoms with Gasteiger partial charge in [0, 0.05) is 6.07 Å². The third kappa shape index (κ3) is 2.10. The molecule has 1 heterocycles. The van der Waals surface area contributed by atoms with E-state index in [4.69, 9.17) is 5.26 Å². The van der Waals surface area contributed by atoms with Crippen LogP contribution in [0.25, 0.3) is 0 Å². The molecule has 0 bridgehead atoms. The molecular formula is C11H12N4O3. The van der Waals surface area contributed by atoms with Crippen LogP contribution < -0.4 is 5.32 Å². The van der Waals surface area contributed by atoms with Gasteiger partial charge in [0.25, 0.3) is 0 Å². The topological polar surface area (TPSA) is 112 Å². The highest BCUT2D eigenvalue weighted by molar-refractivity contribution is 5.51. The highest BCUT2D eigenvalue weighted by Crippen LogP contribution is 2.34. The minimum absolute atomic E-state index is 0.0203. The zero-order chi connectivity index (χ0) is 13.2. The molecule has 7 nitrogen and oxygen atoms in total. The van der Waals surface area contributed by atoms with Gasteiger partial charge in [-0.3, -0.25) is 10.1 Å². The summed E-state index contributed by atoms with van der Waals surface area (Å²) in [4.78, 5) is 13.9. The Bertz CT molecular complexity index is 514. The van der Waals surface area contributed by atoms with Crippen LogP contribution in [0.15, 0.2) is 12.1 Å². The van der Waals surface area contributed by atoms with Crippen LogP contribution in [0.1, 0.15) is 25.0 Å². The van der Waals surface area contributed by atoms with Gasteiger partial charge in [0.2, 0.25) is 5.69 Å². The van der Waals surface area contributed by atoms with E-state index in [1.54, 1.807) is 6.07 Å². The molecular weight excluding hydrogens is 236 g/mol. The standard InChI is InChI=1S/C11H12N4O3/c12-6-8-9(15(17)18)2-3-10(13-8)14-11(7-16)4-1-5-11/h2-3,16H,1,4-5,7H2,(H,13,14). The van der Waals surface area contributed by atoms with E-state index in [9.17, 15) is 15.2 Å². The maximum atomic E-state index is 10.7. The van der Waals surface area contributed by atoms with Crippen molar-refractivity contribution in [2.24, 2.45) is 0 Å². The fourth-order valence-corrected chi connectivity index (χ4v) is 1.95. The van der Waals surface area contributed by atoms with Crippen LogP contribution in [-0.4, -0.2) is 27.2 Å². The predicted octanol–water partition coefficient (Wildman–Crippen LogP) is 1.19. The molecule has 0 saturated heterocycles. The van der Waals surface area contributed by atoms with Crippen LogP contribution in [0.2, 0.25) is 0 Å². The Hall–Kier alpha value is -2.20. The zero-order valence-corrected chi connectivity index (χ0v) is 9.59. The second-order valence-electron chi connectivity index (χ2n) is 4.35. The lowest BCUT2D eigenvalue weighted by Gasteiger charge is -2.41. The van der Waals surface area contributed by atoms with Crippen molar-refractivity contribution in [1.29, 1.82) is 5.26 Å². The molecule has 1 aliphatic carbocycles. The first kappa shape index (κ1) is 12.3. The summed E-state index contributed by atoms with van der Waals surface area (Å²) < 4.78 is 0. The quantitative estimate of drug-likeness (QED) is 0.611. The molecule has 1 aliphatic rings. The van der Waals surface area contributed by atoms with Crippen molar-refractivity contribution < 1.29 is 10.0 Å². The van der Waals surface area contributed by atoms with Gasteiger partial charge in [-0.2, -0.15) is 5.26 Å². The van der Waals surface area contributed by atoms with Crippen LogP contribution in [0.4, 0.5) is 11.5 Å². The average Bonchev–Trinajstić information content (AvgIpc) is 2.33. The zero-order valence-electron chi connectivity index (χ0n) is 9.59. The fraction of sp³-hybridized carbons (Fsp3) is 0.455. The molecule has 0 aromatic carbocycles. The first-order chi connectivity index (χ1) is 8.60. The Kier molecular flexibility index (Phi) is 3.12. The molecule has 1 fully saturated rings. The van der Waals surface area contributed by atoms with Gasteiger partial charge in [-0.05, 0) is 25.3 Å². The normalized spacial score (nSPS) is 16.4. The SMILES string of the molecule is N#Cc1nc(NC2(CO)CCC2)ccc1[N+](=O)[O-]. The van der Waals surface area contributed by atoms with Crippen molar-refractivity contribution in [2.45, 2.75) is 24.8 Å². The molecule has 94 valence electrons. The van der Waals surface area contributed by atoms with E-state index in [0.717, 1.165) is 19.3 Å². The van der Waals surface area contributed by atoms with E-state index in [2.05, 4.69) is 10.3 Å². The van der Waals surface area contributed by atoms with Gasteiger partial charge in [0.1, 0.15) is 11.9 Å². The van der Waals surface area contributed by atoms with Gasteiger partial charge in [0.05, 0.1) is 17.1 Å². The summed E-state index contributed by atoms with van der Waals surface area (Å²) in [7, 11) is 0. The molecule has 2 rings (SSSR count). The van der Waals surface area contributed by atoms with Gasteiger partial charge in [0.15, 0.2) is 0 Å². The summed E-state index contributed by atoms with van der Waals surface area (Å²) in [5.74, 6) is 0.380. The number of aliphatic hydroxyl groups is 1. The first-order valence-corrected chi connectivity index (χ1v) is 5.55. The number of anilines is 1. The number of nitro groups is 1.